The summed E-state index contributed by atoms with van der Waals surface area (Å²) in [4.78, 5) is 27.8. The third kappa shape index (κ3) is 9.65. The van der Waals surface area contributed by atoms with Crippen molar-refractivity contribution in [3.05, 3.63) is 37.4 Å². The van der Waals surface area contributed by atoms with Crippen molar-refractivity contribution in [1.29, 1.82) is 0 Å². The molecule has 0 radical (unpaired) electrons. The number of primary amides is 1. The number of hydrogen-bond donors (Lipinski definition) is 3. The molecule has 0 aliphatic carbocycles. The lowest BCUT2D eigenvalue weighted by Gasteiger charge is -1.99. The highest BCUT2D eigenvalue weighted by Crippen LogP contribution is 1.66. The molecular weight excluding hydrogens is 210 g/mol. The average molecular weight is 223 g/mol. The van der Waals surface area contributed by atoms with Crippen molar-refractivity contribution in [2.75, 3.05) is 6.54 Å². The Balaban J connectivity index is 0.000000315. The van der Waals surface area contributed by atoms with Gasteiger partial charge in [0.1, 0.15) is 6.33 Å². The highest BCUT2D eigenvalue weighted by atomic mass is 16.2. The normalized spacial score (nSPS) is 8.00. The minimum atomic E-state index is -0.874. The molecule has 0 fully saturated rings. The Labute approximate surface area is 92.8 Å². The summed E-state index contributed by atoms with van der Waals surface area (Å²) in [5.74, 6) is 0. The fraction of sp³-hybridized carbons (Fsp3) is 0.111. The first-order valence-electron chi connectivity index (χ1n) is 4.32. The maximum atomic E-state index is 10.4. The number of nitrogens with two attached hydrogens (primary N) is 1. The number of imide groups is 1. The van der Waals surface area contributed by atoms with E-state index in [1.807, 2.05) is 5.32 Å². The van der Waals surface area contributed by atoms with Crippen molar-refractivity contribution >= 4 is 12.1 Å². The molecule has 0 aliphatic heterocycles. The van der Waals surface area contributed by atoms with Gasteiger partial charge in [0.15, 0.2) is 0 Å². The van der Waals surface area contributed by atoms with E-state index in [-0.39, 0.29) is 0 Å². The standard InChI is InChI=1S/C5H9N3O2.C4H4N2/c1-2-3-7-5(10)8-4(6)9;1-2-5-4-6-3-1/h2H,1,3H2,(H4,6,7,8,9,10);1-4H. The molecule has 7 nitrogen and oxygen atoms in total. The number of carbonyl (C=O) groups is 2. The first-order valence-corrected chi connectivity index (χ1v) is 4.32. The summed E-state index contributed by atoms with van der Waals surface area (Å²) in [6, 6.07) is 0.286. The molecule has 1 rings (SSSR count). The second-order valence-electron chi connectivity index (χ2n) is 2.39. The van der Waals surface area contributed by atoms with E-state index in [1.165, 1.54) is 12.4 Å². The van der Waals surface area contributed by atoms with Crippen LogP contribution in [-0.4, -0.2) is 28.6 Å². The fourth-order valence-corrected chi connectivity index (χ4v) is 0.574. The Bertz CT molecular complexity index is 301. The largest absolute Gasteiger partial charge is 0.351 e. The minimum absolute atomic E-state index is 0.305. The van der Waals surface area contributed by atoms with Crippen LogP contribution in [0.25, 0.3) is 0 Å². The van der Waals surface area contributed by atoms with E-state index in [2.05, 4.69) is 27.6 Å². The third-order valence-electron chi connectivity index (χ3n) is 1.12. The lowest BCUT2D eigenvalue weighted by molar-refractivity contribution is 0.232. The summed E-state index contributed by atoms with van der Waals surface area (Å²) in [6.45, 7) is 3.66. The van der Waals surface area contributed by atoms with Crippen LogP contribution in [0.5, 0.6) is 0 Å². The molecule has 0 aromatic carbocycles. The van der Waals surface area contributed by atoms with Crippen LogP contribution < -0.4 is 16.4 Å². The van der Waals surface area contributed by atoms with Crippen LogP contribution >= 0.6 is 0 Å². The lowest BCUT2D eigenvalue weighted by atomic mass is 10.6. The van der Waals surface area contributed by atoms with Gasteiger partial charge >= 0.3 is 12.1 Å². The molecule has 0 saturated heterocycles. The van der Waals surface area contributed by atoms with Gasteiger partial charge in [-0.05, 0) is 6.07 Å². The highest BCUT2D eigenvalue weighted by molar-refractivity contribution is 5.92. The highest BCUT2D eigenvalue weighted by Gasteiger charge is 1.98. The number of urea groups is 2. The number of rotatable bonds is 2. The van der Waals surface area contributed by atoms with Gasteiger partial charge in [0.05, 0.1) is 0 Å². The van der Waals surface area contributed by atoms with Crippen LogP contribution in [0.1, 0.15) is 0 Å². The Kier molecular flexibility index (Phi) is 7.74. The predicted molar refractivity (Wildman–Crippen MR) is 58.3 cm³/mol. The van der Waals surface area contributed by atoms with Gasteiger partial charge in [-0.1, -0.05) is 6.08 Å². The molecule has 1 heterocycles. The summed E-state index contributed by atoms with van der Waals surface area (Å²) >= 11 is 0. The van der Waals surface area contributed by atoms with Crippen molar-refractivity contribution in [2.24, 2.45) is 5.73 Å². The maximum absolute atomic E-state index is 10.4. The van der Waals surface area contributed by atoms with E-state index in [4.69, 9.17) is 0 Å². The van der Waals surface area contributed by atoms with Gasteiger partial charge in [-0.15, -0.1) is 6.58 Å². The smallest absolute Gasteiger partial charge is 0.323 e. The molecule has 4 amide bonds. The summed E-state index contributed by atoms with van der Waals surface area (Å²) in [7, 11) is 0. The zero-order valence-electron chi connectivity index (χ0n) is 8.59. The summed E-state index contributed by atoms with van der Waals surface area (Å²) in [5, 5.41) is 4.11. The van der Waals surface area contributed by atoms with Crippen LogP contribution in [0.4, 0.5) is 9.59 Å². The molecule has 4 N–H and O–H groups in total. The summed E-state index contributed by atoms with van der Waals surface area (Å²) < 4.78 is 0. The second-order valence-corrected chi connectivity index (χ2v) is 2.39. The number of aromatic nitrogens is 2. The number of nitrogens with zero attached hydrogens (tertiary/aromatic N) is 2. The monoisotopic (exact) mass is 223 g/mol. The number of carbonyl (C=O) groups excluding carboxylic acids is 2. The molecule has 7 heteroatoms. The molecular formula is C9H13N5O2. The SMILES string of the molecule is C=CCNC(=O)NC(N)=O.c1cncnc1. The second kappa shape index (κ2) is 9.13. The Morgan fingerprint density at radius 3 is 2.31 bits per heavy atom. The Hall–Kier alpha value is -2.44. The Morgan fingerprint density at radius 2 is 2.00 bits per heavy atom. The first-order chi connectivity index (χ1) is 7.66. The van der Waals surface area contributed by atoms with E-state index >= 15 is 0 Å². The van der Waals surface area contributed by atoms with Crippen molar-refractivity contribution in [3.8, 4) is 0 Å². The molecule has 86 valence electrons. The van der Waals surface area contributed by atoms with Crippen molar-refractivity contribution in [1.82, 2.24) is 20.6 Å². The first kappa shape index (κ1) is 13.6. The van der Waals surface area contributed by atoms with E-state index in [0.717, 1.165) is 0 Å². The zero-order valence-corrected chi connectivity index (χ0v) is 8.59. The fourth-order valence-electron chi connectivity index (χ4n) is 0.574. The van der Waals surface area contributed by atoms with Gasteiger partial charge in [-0.3, -0.25) is 5.32 Å². The van der Waals surface area contributed by atoms with Gasteiger partial charge in [0, 0.05) is 18.9 Å². The van der Waals surface area contributed by atoms with E-state index < -0.39 is 12.1 Å². The Morgan fingerprint density at radius 1 is 1.38 bits per heavy atom. The zero-order chi connectivity index (χ0) is 12.2. The van der Waals surface area contributed by atoms with Crippen LogP contribution in [-0.2, 0) is 0 Å². The summed E-state index contributed by atoms with van der Waals surface area (Å²) in [5.41, 5.74) is 4.63. The molecule has 1 aromatic rings. The topological polar surface area (TPSA) is 110 Å². The number of amides is 4. The predicted octanol–water partition coefficient (Wildman–Crippen LogP) is 0.0269. The minimum Gasteiger partial charge on any atom is -0.351 e. The molecule has 0 bridgehead atoms. The third-order valence-corrected chi connectivity index (χ3v) is 1.12. The maximum Gasteiger partial charge on any atom is 0.323 e. The average Bonchev–Trinajstić information content (AvgIpc) is 2.29. The van der Waals surface area contributed by atoms with Crippen molar-refractivity contribution in [3.63, 3.8) is 0 Å². The van der Waals surface area contributed by atoms with Gasteiger partial charge in [-0.25, -0.2) is 19.6 Å². The van der Waals surface area contributed by atoms with Crippen LogP contribution in [0.2, 0.25) is 0 Å². The van der Waals surface area contributed by atoms with Gasteiger partial charge in [0.2, 0.25) is 0 Å². The lowest BCUT2D eigenvalue weighted by Crippen LogP contribution is -2.42. The molecule has 0 aliphatic rings. The van der Waals surface area contributed by atoms with E-state index in [9.17, 15) is 9.59 Å². The molecule has 0 saturated carbocycles. The molecule has 16 heavy (non-hydrogen) atoms. The molecule has 0 spiro atoms. The van der Waals surface area contributed by atoms with Crippen molar-refractivity contribution < 1.29 is 9.59 Å². The molecule has 0 unspecified atom stereocenters. The van der Waals surface area contributed by atoms with Gasteiger partial charge < -0.3 is 11.1 Å². The van der Waals surface area contributed by atoms with Crippen LogP contribution in [0.3, 0.4) is 0 Å². The van der Waals surface area contributed by atoms with Crippen LogP contribution in [0, 0.1) is 0 Å². The van der Waals surface area contributed by atoms with E-state index in [1.54, 1.807) is 18.5 Å². The quantitative estimate of drug-likeness (QED) is 0.614. The van der Waals surface area contributed by atoms with Crippen molar-refractivity contribution in [2.45, 2.75) is 0 Å². The van der Waals surface area contributed by atoms with E-state index in [0.29, 0.717) is 6.54 Å². The van der Waals surface area contributed by atoms with Gasteiger partial charge in [-0.2, -0.15) is 0 Å². The number of hydrogen-bond acceptors (Lipinski definition) is 4. The molecule has 0 atom stereocenters. The molecule has 1 aromatic heterocycles. The number of nitrogens with one attached hydrogen (secondary N) is 2. The summed E-state index contributed by atoms with van der Waals surface area (Å²) in [6.07, 6.45) is 6.36. The van der Waals surface area contributed by atoms with Gasteiger partial charge in [0.25, 0.3) is 0 Å². The van der Waals surface area contributed by atoms with Crippen LogP contribution in [0.15, 0.2) is 37.4 Å².